The van der Waals surface area contributed by atoms with Gasteiger partial charge in [0.1, 0.15) is 0 Å². The minimum atomic E-state index is -4.41. The molecule has 0 aliphatic carbocycles. The highest BCUT2D eigenvalue weighted by molar-refractivity contribution is 6.31. The molecule has 6 heteroatoms. The zero-order chi connectivity index (χ0) is 14.5. The van der Waals surface area contributed by atoms with Gasteiger partial charge in [0.25, 0.3) is 0 Å². The summed E-state index contributed by atoms with van der Waals surface area (Å²) in [6.45, 7) is 2.68. The van der Waals surface area contributed by atoms with Crippen molar-refractivity contribution in [2.75, 3.05) is 12.4 Å². The molecular weight excluding hydrogens is 298 g/mol. The molecule has 0 aromatic heterocycles. The van der Waals surface area contributed by atoms with Crippen molar-refractivity contribution in [1.29, 1.82) is 0 Å². The van der Waals surface area contributed by atoms with Crippen LogP contribution >= 0.6 is 23.2 Å². The van der Waals surface area contributed by atoms with Crippen LogP contribution in [0.2, 0.25) is 5.02 Å². The molecule has 1 aromatic carbocycles. The molecule has 19 heavy (non-hydrogen) atoms. The predicted octanol–water partition coefficient (Wildman–Crippen LogP) is 4.51. The molecule has 1 aromatic rings. The lowest BCUT2D eigenvalue weighted by Gasteiger charge is -2.15. The summed E-state index contributed by atoms with van der Waals surface area (Å²) >= 11 is 11.1. The molecule has 0 aliphatic rings. The lowest BCUT2D eigenvalue weighted by Crippen LogP contribution is -2.29. The van der Waals surface area contributed by atoms with Crippen LogP contribution in [0, 0.1) is 0 Å². The van der Waals surface area contributed by atoms with Crippen LogP contribution < -0.4 is 5.32 Å². The van der Waals surface area contributed by atoms with Gasteiger partial charge in [0, 0.05) is 11.9 Å². The van der Waals surface area contributed by atoms with E-state index in [2.05, 4.69) is 5.32 Å². The summed E-state index contributed by atoms with van der Waals surface area (Å²) in [5.74, 6) is 0.568. The monoisotopic (exact) mass is 313 g/mol. The number of hydrogen-bond donors (Lipinski definition) is 1. The molecule has 0 heterocycles. The maximum Gasteiger partial charge on any atom is 0.417 e. The molecule has 1 unspecified atom stereocenters. The van der Waals surface area contributed by atoms with Gasteiger partial charge in [-0.2, -0.15) is 13.2 Å². The summed E-state index contributed by atoms with van der Waals surface area (Å²) in [6.07, 6.45) is -3.06. The van der Waals surface area contributed by atoms with Crippen molar-refractivity contribution in [3.05, 3.63) is 34.3 Å². The van der Waals surface area contributed by atoms with Crippen LogP contribution in [-0.4, -0.2) is 18.5 Å². The van der Waals surface area contributed by atoms with Crippen molar-refractivity contribution in [3.63, 3.8) is 0 Å². The van der Waals surface area contributed by atoms with Crippen molar-refractivity contribution in [1.82, 2.24) is 5.32 Å². The number of halogens is 5. The lowest BCUT2D eigenvalue weighted by molar-refractivity contribution is -0.137. The minimum Gasteiger partial charge on any atom is -0.314 e. The van der Waals surface area contributed by atoms with Crippen molar-refractivity contribution >= 4 is 23.2 Å². The van der Waals surface area contributed by atoms with E-state index in [-0.39, 0.29) is 11.1 Å². The van der Waals surface area contributed by atoms with Crippen LogP contribution in [0.1, 0.15) is 24.5 Å². The number of alkyl halides is 4. The van der Waals surface area contributed by atoms with Gasteiger partial charge in [0.2, 0.25) is 0 Å². The molecule has 0 fully saturated rings. The van der Waals surface area contributed by atoms with Crippen molar-refractivity contribution in [2.24, 2.45) is 0 Å². The average Bonchev–Trinajstić information content (AvgIpc) is 2.30. The molecule has 1 rings (SSSR count). The predicted molar refractivity (Wildman–Crippen MR) is 73.0 cm³/mol. The zero-order valence-electron chi connectivity index (χ0n) is 10.5. The Hall–Kier alpha value is -0.450. The first kappa shape index (κ1) is 16.6. The molecule has 1 N–H and O–H groups in total. The lowest BCUT2D eigenvalue weighted by atomic mass is 10.0. The van der Waals surface area contributed by atoms with E-state index in [1.165, 1.54) is 6.07 Å². The highest BCUT2D eigenvalue weighted by Crippen LogP contribution is 2.35. The Morgan fingerprint density at radius 3 is 2.58 bits per heavy atom. The topological polar surface area (TPSA) is 12.0 Å². The van der Waals surface area contributed by atoms with Crippen LogP contribution in [-0.2, 0) is 12.6 Å². The summed E-state index contributed by atoms with van der Waals surface area (Å²) in [5, 5.41) is 2.94. The molecule has 0 radical (unpaired) electrons. The first-order valence-corrected chi connectivity index (χ1v) is 6.91. The van der Waals surface area contributed by atoms with Gasteiger partial charge >= 0.3 is 6.18 Å². The van der Waals surface area contributed by atoms with Gasteiger partial charge in [-0.1, -0.05) is 17.7 Å². The second-order valence-corrected chi connectivity index (χ2v) is 5.20. The summed E-state index contributed by atoms with van der Waals surface area (Å²) in [7, 11) is 0. The molecule has 0 saturated carbocycles. The van der Waals surface area contributed by atoms with Gasteiger partial charge in [0.05, 0.1) is 10.6 Å². The Labute approximate surface area is 121 Å². The summed E-state index contributed by atoms with van der Waals surface area (Å²) in [4.78, 5) is 0. The number of benzene rings is 1. The molecule has 108 valence electrons. The average molecular weight is 314 g/mol. The van der Waals surface area contributed by atoms with Crippen LogP contribution in [0.3, 0.4) is 0 Å². The number of rotatable bonds is 6. The van der Waals surface area contributed by atoms with Gasteiger partial charge in [-0.3, -0.25) is 0 Å². The van der Waals surface area contributed by atoms with Gasteiger partial charge in [0.15, 0.2) is 0 Å². The fourth-order valence-corrected chi connectivity index (χ4v) is 2.12. The van der Waals surface area contributed by atoms with Gasteiger partial charge in [-0.25, -0.2) is 0 Å². The van der Waals surface area contributed by atoms with Gasteiger partial charge < -0.3 is 5.32 Å². The molecule has 0 saturated heterocycles. The molecule has 0 aliphatic heterocycles. The highest BCUT2D eigenvalue weighted by atomic mass is 35.5. The second kappa shape index (κ2) is 7.36. The molecule has 0 spiro atoms. The molecule has 1 atom stereocenters. The Kier molecular flexibility index (Phi) is 6.43. The first-order valence-electron chi connectivity index (χ1n) is 5.99. The summed E-state index contributed by atoms with van der Waals surface area (Å²) in [5.41, 5.74) is -0.165. The van der Waals surface area contributed by atoms with Gasteiger partial charge in [-0.05, 0) is 44.0 Å². The van der Waals surface area contributed by atoms with Crippen LogP contribution in [0.25, 0.3) is 0 Å². The molecule has 0 amide bonds. The van der Waals surface area contributed by atoms with Crippen LogP contribution in [0.15, 0.2) is 18.2 Å². The third-order valence-corrected chi connectivity index (χ3v) is 3.28. The third kappa shape index (κ3) is 5.59. The van der Waals surface area contributed by atoms with Crippen molar-refractivity contribution in [2.45, 2.75) is 32.0 Å². The first-order chi connectivity index (χ1) is 8.84. The van der Waals surface area contributed by atoms with Crippen LogP contribution in [0.4, 0.5) is 13.2 Å². The SMILES string of the molecule is CC(Cc1ccc(Cl)c(C(F)(F)F)c1)NCCCCl. The van der Waals surface area contributed by atoms with E-state index in [1.54, 1.807) is 6.07 Å². The van der Waals surface area contributed by atoms with E-state index in [0.29, 0.717) is 17.9 Å². The Morgan fingerprint density at radius 2 is 2.00 bits per heavy atom. The van der Waals surface area contributed by atoms with Crippen molar-refractivity contribution < 1.29 is 13.2 Å². The van der Waals surface area contributed by atoms with Crippen molar-refractivity contribution in [3.8, 4) is 0 Å². The Morgan fingerprint density at radius 1 is 1.32 bits per heavy atom. The van der Waals surface area contributed by atoms with E-state index < -0.39 is 11.7 Å². The minimum absolute atomic E-state index is 0.0884. The van der Waals surface area contributed by atoms with Gasteiger partial charge in [-0.15, -0.1) is 11.6 Å². The summed E-state index contributed by atoms with van der Waals surface area (Å²) in [6, 6.07) is 4.12. The van der Waals surface area contributed by atoms with E-state index >= 15 is 0 Å². The molecular formula is C13H16Cl2F3N. The summed E-state index contributed by atoms with van der Waals surface area (Å²) < 4.78 is 38.1. The van der Waals surface area contributed by atoms with E-state index in [1.807, 2.05) is 6.92 Å². The van der Waals surface area contributed by atoms with E-state index in [0.717, 1.165) is 19.0 Å². The second-order valence-electron chi connectivity index (χ2n) is 4.41. The standard InChI is InChI=1S/C13H16Cl2F3N/c1-9(19-6-2-5-14)7-10-3-4-12(15)11(8-10)13(16,17)18/h3-4,8-9,19H,2,5-7H2,1H3. The highest BCUT2D eigenvalue weighted by Gasteiger charge is 2.33. The molecule has 1 nitrogen and oxygen atoms in total. The quantitative estimate of drug-likeness (QED) is 0.602. The normalized spacial score (nSPS) is 13.6. The maximum absolute atomic E-state index is 12.7. The molecule has 0 bridgehead atoms. The third-order valence-electron chi connectivity index (χ3n) is 2.68. The maximum atomic E-state index is 12.7. The Bertz CT molecular complexity index is 407. The number of nitrogens with one attached hydrogen (secondary N) is 1. The fraction of sp³-hybridized carbons (Fsp3) is 0.538. The largest absolute Gasteiger partial charge is 0.417 e. The van der Waals surface area contributed by atoms with E-state index in [9.17, 15) is 13.2 Å². The zero-order valence-corrected chi connectivity index (χ0v) is 12.0. The Balaban J connectivity index is 2.69. The van der Waals surface area contributed by atoms with Crippen LogP contribution in [0.5, 0.6) is 0 Å². The fourth-order valence-electron chi connectivity index (χ4n) is 1.76. The number of hydrogen-bond acceptors (Lipinski definition) is 1. The smallest absolute Gasteiger partial charge is 0.314 e. The van der Waals surface area contributed by atoms with E-state index in [4.69, 9.17) is 23.2 Å².